The second-order valence-electron chi connectivity index (χ2n) is 9.43. The predicted molar refractivity (Wildman–Crippen MR) is 134 cm³/mol. The van der Waals surface area contributed by atoms with Gasteiger partial charge in [-0.15, -0.1) is 0 Å². The zero-order valence-corrected chi connectivity index (χ0v) is 21.4. The number of aliphatic hydroxyl groups excluding tert-OH is 2. The van der Waals surface area contributed by atoms with Crippen molar-refractivity contribution in [1.82, 2.24) is 0 Å². The van der Waals surface area contributed by atoms with Crippen LogP contribution in [0.25, 0.3) is 21.9 Å². The van der Waals surface area contributed by atoms with Gasteiger partial charge in [-0.25, -0.2) is 4.79 Å². The van der Waals surface area contributed by atoms with E-state index in [1.165, 1.54) is 21.1 Å². The first-order chi connectivity index (χ1) is 18.8. The van der Waals surface area contributed by atoms with Crippen LogP contribution in [-0.2, 0) is 25.6 Å². The minimum Gasteiger partial charge on any atom is -0.493 e. The predicted octanol–water partition coefficient (Wildman–Crippen LogP) is 2.65. The minimum absolute atomic E-state index is 0.0707. The third-order valence-corrected chi connectivity index (χ3v) is 7.23. The van der Waals surface area contributed by atoms with Gasteiger partial charge in [0.05, 0.1) is 26.4 Å². The number of cyclic esters (lactones) is 1. The summed E-state index contributed by atoms with van der Waals surface area (Å²) in [7, 11) is 3.01. The maximum absolute atomic E-state index is 13.2. The Morgan fingerprint density at radius 2 is 1.67 bits per heavy atom. The van der Waals surface area contributed by atoms with Crippen LogP contribution >= 0.6 is 0 Å². The number of aliphatic hydroxyl groups is 2. The van der Waals surface area contributed by atoms with Crippen molar-refractivity contribution in [3.63, 3.8) is 0 Å². The first-order valence-corrected chi connectivity index (χ1v) is 12.3. The van der Waals surface area contributed by atoms with E-state index in [1.54, 1.807) is 24.3 Å². The molecule has 0 amide bonds. The molecule has 11 nitrogen and oxygen atoms in total. The Balaban J connectivity index is 1.65. The Kier molecular flexibility index (Phi) is 6.21. The summed E-state index contributed by atoms with van der Waals surface area (Å²) in [5.74, 6) is 0.758. The summed E-state index contributed by atoms with van der Waals surface area (Å²) < 4.78 is 38.9. The molecule has 3 heterocycles. The van der Waals surface area contributed by atoms with Gasteiger partial charge >= 0.3 is 11.9 Å². The number of methoxy groups -OCH3 is 2. The van der Waals surface area contributed by atoms with Gasteiger partial charge in [-0.2, -0.15) is 0 Å². The Labute approximate surface area is 222 Å². The van der Waals surface area contributed by atoms with Crippen LogP contribution in [0, 0.1) is 0 Å². The van der Waals surface area contributed by atoms with Crippen molar-refractivity contribution in [2.45, 2.75) is 37.9 Å². The molecule has 0 saturated carbocycles. The van der Waals surface area contributed by atoms with Crippen LogP contribution in [0.3, 0.4) is 0 Å². The Morgan fingerprint density at radius 1 is 0.949 bits per heavy atom. The number of hydrogen-bond donors (Lipinski definition) is 2. The molecule has 0 aromatic heterocycles. The first kappa shape index (κ1) is 25.2. The van der Waals surface area contributed by atoms with Crippen molar-refractivity contribution in [2.24, 2.45) is 0 Å². The van der Waals surface area contributed by atoms with E-state index in [-0.39, 0.29) is 20.0 Å². The minimum atomic E-state index is -1.44. The molecular weight excluding hydrogens is 512 g/mol. The molecule has 204 valence electrons. The van der Waals surface area contributed by atoms with Crippen molar-refractivity contribution in [3.05, 3.63) is 47.0 Å². The molecule has 2 N–H and O–H groups in total. The average molecular weight is 539 g/mol. The molecule has 0 spiro atoms. The zero-order chi connectivity index (χ0) is 27.4. The van der Waals surface area contributed by atoms with Gasteiger partial charge in [-0.3, -0.25) is 4.79 Å². The molecule has 1 saturated heterocycles. The van der Waals surface area contributed by atoms with E-state index in [1.807, 2.05) is 6.07 Å². The lowest BCUT2D eigenvalue weighted by Crippen LogP contribution is -2.51. The summed E-state index contributed by atoms with van der Waals surface area (Å²) in [5.41, 5.74) is 2.53. The van der Waals surface area contributed by atoms with Crippen molar-refractivity contribution in [3.8, 4) is 34.1 Å². The molecule has 6 rings (SSSR count). The number of carbonyl (C=O) groups is 2. The van der Waals surface area contributed by atoms with Gasteiger partial charge in [-0.05, 0) is 46.2 Å². The lowest BCUT2D eigenvalue weighted by molar-refractivity contribution is -0.208. The number of rotatable bonds is 5. The van der Waals surface area contributed by atoms with Crippen molar-refractivity contribution in [2.75, 3.05) is 27.6 Å². The van der Waals surface area contributed by atoms with Crippen LogP contribution in [0.2, 0.25) is 0 Å². The third kappa shape index (κ3) is 4.01. The summed E-state index contributed by atoms with van der Waals surface area (Å²) in [6.07, 6.45) is -4.98. The smallest absolute Gasteiger partial charge is 0.339 e. The van der Waals surface area contributed by atoms with Crippen LogP contribution in [0.5, 0.6) is 23.0 Å². The van der Waals surface area contributed by atoms with Crippen LogP contribution in [0.15, 0.2) is 30.3 Å². The lowest BCUT2D eigenvalue weighted by Gasteiger charge is -2.38. The lowest BCUT2D eigenvalue weighted by atomic mass is 9.82. The average Bonchev–Trinajstić information content (AvgIpc) is 3.55. The number of fused-ring (bicyclic) bond motifs is 3. The summed E-state index contributed by atoms with van der Waals surface area (Å²) in [4.78, 5) is 25.0. The summed E-state index contributed by atoms with van der Waals surface area (Å²) in [6.45, 7) is 1.01. The van der Waals surface area contributed by atoms with Gasteiger partial charge in [0.2, 0.25) is 6.79 Å². The molecular formula is C28H26O11. The topological polar surface area (TPSA) is 139 Å². The van der Waals surface area contributed by atoms with Gasteiger partial charge in [0.25, 0.3) is 0 Å². The van der Waals surface area contributed by atoms with Crippen LogP contribution in [0.1, 0.15) is 34.5 Å². The highest BCUT2D eigenvalue weighted by atomic mass is 16.7. The molecule has 0 bridgehead atoms. The van der Waals surface area contributed by atoms with Crippen molar-refractivity contribution >= 4 is 22.7 Å². The number of benzene rings is 3. The maximum Gasteiger partial charge on any atom is 0.339 e. The van der Waals surface area contributed by atoms with Gasteiger partial charge in [0.1, 0.15) is 24.9 Å². The van der Waals surface area contributed by atoms with E-state index in [0.717, 1.165) is 0 Å². The first-order valence-electron chi connectivity index (χ1n) is 12.3. The Morgan fingerprint density at radius 3 is 2.38 bits per heavy atom. The van der Waals surface area contributed by atoms with Crippen molar-refractivity contribution < 1.29 is 53.0 Å². The molecule has 4 atom stereocenters. The highest BCUT2D eigenvalue weighted by Crippen LogP contribution is 2.49. The second kappa shape index (κ2) is 9.60. The fraction of sp³-hybridized carbons (Fsp3) is 0.357. The molecule has 3 aromatic rings. The molecule has 0 unspecified atom stereocenters. The monoisotopic (exact) mass is 538 g/mol. The number of esters is 2. The standard InChI is InChI=1S/C28H26O11/c1-12(29)39-26-17(30)10-35-27(25(26)31)23-15-8-20(34-3)19(33-2)7-14(15)22(24-16(23)9-36-28(24)32)13-4-5-18-21(6-13)38-11-37-18/h4-8,17,25-27,30-31H,9-11H2,1-3H3/t17-,25+,26-,27+/m1/s1. The zero-order valence-electron chi connectivity index (χ0n) is 21.4. The van der Waals surface area contributed by atoms with Gasteiger partial charge < -0.3 is 43.4 Å². The molecule has 11 heteroatoms. The van der Waals surface area contributed by atoms with E-state index < -0.39 is 36.4 Å². The Hall–Kier alpha value is -4.06. The highest BCUT2D eigenvalue weighted by molar-refractivity contribution is 6.13. The SMILES string of the molecule is COc1cc2c(-c3ccc4c(c3)OCO4)c3c(c([C@@H]4OC[C@@H](O)[C@@H](OC(C)=O)[C@@H]4O)c2cc1OC)COC3=O. The summed E-state index contributed by atoms with van der Waals surface area (Å²) in [6, 6.07) is 8.87. The van der Waals surface area contributed by atoms with Crippen LogP contribution in [-0.4, -0.2) is 68.1 Å². The molecule has 1 fully saturated rings. The molecule has 0 aliphatic carbocycles. The largest absolute Gasteiger partial charge is 0.493 e. The quantitative estimate of drug-likeness (QED) is 0.464. The second-order valence-corrected chi connectivity index (χ2v) is 9.43. The van der Waals surface area contributed by atoms with Crippen LogP contribution < -0.4 is 18.9 Å². The van der Waals surface area contributed by atoms with Gasteiger partial charge in [0.15, 0.2) is 29.1 Å². The van der Waals surface area contributed by atoms with Gasteiger partial charge in [-0.1, -0.05) is 6.07 Å². The number of hydrogen-bond acceptors (Lipinski definition) is 11. The summed E-state index contributed by atoms with van der Waals surface area (Å²) >= 11 is 0. The third-order valence-electron chi connectivity index (χ3n) is 7.23. The van der Waals surface area contributed by atoms with Crippen molar-refractivity contribution in [1.29, 1.82) is 0 Å². The molecule has 39 heavy (non-hydrogen) atoms. The van der Waals surface area contributed by atoms with Gasteiger partial charge in [0, 0.05) is 18.1 Å². The normalized spacial score (nSPS) is 23.4. The molecule has 0 radical (unpaired) electrons. The van der Waals surface area contributed by atoms with E-state index in [2.05, 4.69) is 0 Å². The molecule has 3 aromatic carbocycles. The number of carbonyl (C=O) groups excluding carboxylic acids is 2. The fourth-order valence-electron chi connectivity index (χ4n) is 5.54. The van der Waals surface area contributed by atoms with E-state index in [4.69, 9.17) is 33.2 Å². The number of ether oxygens (including phenoxy) is 7. The Bertz CT molecular complexity index is 1500. The summed E-state index contributed by atoms with van der Waals surface area (Å²) in [5, 5.41) is 22.9. The van der Waals surface area contributed by atoms with Crippen LogP contribution in [0.4, 0.5) is 0 Å². The van der Waals surface area contributed by atoms with E-state index in [0.29, 0.717) is 61.6 Å². The van der Waals surface area contributed by atoms with E-state index >= 15 is 0 Å². The maximum atomic E-state index is 13.2. The molecule has 3 aliphatic heterocycles. The van der Waals surface area contributed by atoms with E-state index in [9.17, 15) is 19.8 Å². The highest BCUT2D eigenvalue weighted by Gasteiger charge is 2.45. The molecule has 3 aliphatic rings. The fourth-order valence-corrected chi connectivity index (χ4v) is 5.54.